The van der Waals surface area contributed by atoms with Gasteiger partial charge < -0.3 is 0 Å². The molecule has 0 fully saturated rings. The summed E-state index contributed by atoms with van der Waals surface area (Å²) in [6.07, 6.45) is -4.50. The Bertz CT molecular complexity index is 469. The van der Waals surface area contributed by atoms with Crippen LogP contribution in [0.4, 0.5) is 17.6 Å². The number of alkyl halides is 3. The van der Waals surface area contributed by atoms with Gasteiger partial charge in [-0.1, -0.05) is 0 Å². The van der Waals surface area contributed by atoms with Gasteiger partial charge in [0.25, 0.3) is 0 Å². The molecular weight excluding hydrogens is 216 g/mol. The highest BCUT2D eigenvalue weighted by Crippen LogP contribution is 2.34. The first-order chi connectivity index (χ1) is 6.48. The molecule has 2 rings (SSSR count). The van der Waals surface area contributed by atoms with Crippen molar-refractivity contribution in [1.82, 2.24) is 0 Å². The van der Waals surface area contributed by atoms with Crippen LogP contribution in [0.1, 0.15) is 5.56 Å². The molecule has 0 aliphatic carbocycles. The fourth-order valence-electron chi connectivity index (χ4n) is 1.13. The van der Waals surface area contributed by atoms with Gasteiger partial charge in [0.05, 0.1) is 5.56 Å². The summed E-state index contributed by atoms with van der Waals surface area (Å²) >= 11 is 1.04. The molecule has 0 unspecified atom stereocenters. The Morgan fingerprint density at radius 1 is 1.21 bits per heavy atom. The van der Waals surface area contributed by atoms with Gasteiger partial charge >= 0.3 is 6.18 Å². The maximum Gasteiger partial charge on any atom is 0.416 e. The molecule has 2 aromatic rings. The van der Waals surface area contributed by atoms with Crippen LogP contribution in [0.5, 0.6) is 0 Å². The quantitative estimate of drug-likeness (QED) is 0.590. The average molecular weight is 219 g/mol. The number of thiophene rings is 1. The molecule has 1 aromatic heterocycles. The normalized spacial score (nSPS) is 12.3. The van der Waals surface area contributed by atoms with Gasteiger partial charge in [-0.05, 0) is 17.5 Å². The van der Waals surface area contributed by atoms with Gasteiger partial charge in [0.1, 0.15) is 5.82 Å². The molecule has 1 radical (unpaired) electrons. The second-order valence-corrected chi connectivity index (χ2v) is 3.62. The van der Waals surface area contributed by atoms with Gasteiger partial charge in [-0.25, -0.2) is 4.39 Å². The molecule has 0 aliphatic heterocycles. The fraction of sp³-hybridized carbons (Fsp3) is 0.111. The molecule has 0 bridgehead atoms. The van der Waals surface area contributed by atoms with Crippen LogP contribution < -0.4 is 0 Å². The molecule has 14 heavy (non-hydrogen) atoms. The van der Waals surface area contributed by atoms with Gasteiger partial charge in [0.2, 0.25) is 0 Å². The van der Waals surface area contributed by atoms with E-state index >= 15 is 0 Å². The van der Waals surface area contributed by atoms with E-state index in [4.69, 9.17) is 0 Å². The molecule has 0 nitrogen and oxygen atoms in total. The van der Waals surface area contributed by atoms with Crippen molar-refractivity contribution in [2.24, 2.45) is 0 Å². The van der Waals surface area contributed by atoms with E-state index in [0.29, 0.717) is 6.07 Å². The monoisotopic (exact) mass is 219 g/mol. The van der Waals surface area contributed by atoms with Crippen LogP contribution in [0, 0.1) is 11.9 Å². The zero-order valence-electron chi connectivity index (χ0n) is 6.65. The van der Waals surface area contributed by atoms with Crippen molar-refractivity contribution in [3.05, 3.63) is 35.0 Å². The molecule has 73 valence electrons. The summed E-state index contributed by atoms with van der Waals surface area (Å²) < 4.78 is 50.0. The summed E-state index contributed by atoms with van der Waals surface area (Å²) in [5.41, 5.74) is -0.960. The minimum absolute atomic E-state index is 0.114. The highest BCUT2D eigenvalue weighted by atomic mass is 32.1. The number of hydrogen-bond donors (Lipinski definition) is 0. The maximum absolute atomic E-state index is 13.1. The number of benzene rings is 1. The Morgan fingerprint density at radius 3 is 2.57 bits per heavy atom. The van der Waals surface area contributed by atoms with Gasteiger partial charge in [0, 0.05) is 16.2 Å². The van der Waals surface area contributed by atoms with Crippen molar-refractivity contribution in [2.45, 2.75) is 6.18 Å². The van der Waals surface area contributed by atoms with Crippen LogP contribution in [-0.2, 0) is 6.18 Å². The first-order valence-electron chi connectivity index (χ1n) is 3.64. The van der Waals surface area contributed by atoms with Crippen LogP contribution in [-0.4, -0.2) is 0 Å². The first kappa shape index (κ1) is 9.45. The van der Waals surface area contributed by atoms with E-state index in [2.05, 4.69) is 6.07 Å². The van der Waals surface area contributed by atoms with Crippen LogP contribution in [0.15, 0.2) is 17.5 Å². The topological polar surface area (TPSA) is 0 Å². The molecule has 1 heterocycles. The van der Waals surface area contributed by atoms with Crippen molar-refractivity contribution < 1.29 is 17.6 Å². The standard InChI is InChI=1S/C9H3F4S/c10-7-3-5(9(11,12)13)4-8-6(7)1-2-14-8/h2-4H. The summed E-state index contributed by atoms with van der Waals surface area (Å²) in [5.74, 6) is -0.879. The zero-order valence-corrected chi connectivity index (χ0v) is 7.47. The minimum atomic E-state index is -4.50. The second-order valence-electron chi connectivity index (χ2n) is 2.71. The van der Waals surface area contributed by atoms with E-state index in [-0.39, 0.29) is 10.1 Å². The van der Waals surface area contributed by atoms with Crippen molar-refractivity contribution in [1.29, 1.82) is 0 Å². The van der Waals surface area contributed by atoms with Crippen LogP contribution >= 0.6 is 11.3 Å². The van der Waals surface area contributed by atoms with E-state index in [1.165, 1.54) is 5.38 Å². The Balaban J connectivity index is 2.70. The summed E-state index contributed by atoms with van der Waals surface area (Å²) in [4.78, 5) is 0. The molecule has 1 aromatic carbocycles. The van der Waals surface area contributed by atoms with Crippen LogP contribution in [0.3, 0.4) is 0 Å². The third-order valence-electron chi connectivity index (χ3n) is 1.77. The molecule has 0 aliphatic rings. The Morgan fingerprint density at radius 2 is 1.93 bits per heavy atom. The first-order valence-corrected chi connectivity index (χ1v) is 4.52. The lowest BCUT2D eigenvalue weighted by atomic mass is 10.1. The number of rotatable bonds is 0. The second kappa shape index (κ2) is 2.95. The molecule has 0 atom stereocenters. The Labute approximate surface area is 80.8 Å². The van der Waals surface area contributed by atoms with E-state index in [0.717, 1.165) is 17.4 Å². The van der Waals surface area contributed by atoms with E-state index in [1.807, 2.05) is 0 Å². The third-order valence-corrected chi connectivity index (χ3v) is 2.58. The molecular formula is C9H3F4S. The fourth-order valence-corrected chi connectivity index (χ4v) is 1.90. The smallest absolute Gasteiger partial charge is 0.206 e. The zero-order chi connectivity index (χ0) is 10.3. The van der Waals surface area contributed by atoms with Crippen molar-refractivity contribution in [3.8, 4) is 0 Å². The van der Waals surface area contributed by atoms with Gasteiger partial charge in [0.15, 0.2) is 0 Å². The number of halogens is 4. The van der Waals surface area contributed by atoms with Crippen molar-refractivity contribution >= 4 is 21.4 Å². The largest absolute Gasteiger partial charge is 0.416 e. The third kappa shape index (κ3) is 1.48. The molecule has 0 saturated carbocycles. The summed E-state index contributed by atoms with van der Waals surface area (Å²) in [6, 6.07) is 3.96. The Hall–Kier alpha value is -1.10. The molecule has 0 N–H and O–H groups in total. The van der Waals surface area contributed by atoms with E-state index in [1.54, 1.807) is 0 Å². The van der Waals surface area contributed by atoms with Gasteiger partial charge in [-0.3, -0.25) is 0 Å². The predicted molar refractivity (Wildman–Crippen MR) is 45.6 cm³/mol. The summed E-state index contributed by atoms with van der Waals surface area (Å²) in [6.45, 7) is 0. The number of fused-ring (bicyclic) bond motifs is 1. The lowest BCUT2D eigenvalue weighted by molar-refractivity contribution is -0.137. The van der Waals surface area contributed by atoms with E-state index < -0.39 is 17.6 Å². The highest BCUT2D eigenvalue weighted by molar-refractivity contribution is 7.17. The molecule has 0 saturated heterocycles. The van der Waals surface area contributed by atoms with Crippen LogP contribution in [0.2, 0.25) is 0 Å². The maximum atomic E-state index is 13.1. The lowest BCUT2D eigenvalue weighted by Gasteiger charge is -2.06. The molecule has 5 heteroatoms. The van der Waals surface area contributed by atoms with Gasteiger partial charge in [-0.2, -0.15) is 13.2 Å². The number of hydrogen-bond acceptors (Lipinski definition) is 1. The summed E-state index contributed by atoms with van der Waals surface area (Å²) in [5, 5.41) is 1.55. The van der Waals surface area contributed by atoms with Crippen molar-refractivity contribution in [2.75, 3.05) is 0 Å². The van der Waals surface area contributed by atoms with Crippen molar-refractivity contribution in [3.63, 3.8) is 0 Å². The molecule has 0 amide bonds. The minimum Gasteiger partial charge on any atom is -0.206 e. The summed E-state index contributed by atoms with van der Waals surface area (Å²) in [7, 11) is 0. The average Bonchev–Trinajstić information content (AvgIpc) is 2.50. The highest BCUT2D eigenvalue weighted by Gasteiger charge is 2.31. The molecule has 0 spiro atoms. The predicted octanol–water partition coefficient (Wildman–Crippen LogP) is 3.86. The van der Waals surface area contributed by atoms with E-state index in [9.17, 15) is 17.6 Å². The van der Waals surface area contributed by atoms with Crippen LogP contribution in [0.25, 0.3) is 10.1 Å². The lowest BCUT2D eigenvalue weighted by Crippen LogP contribution is -2.04. The SMILES string of the molecule is Fc1cc(C(F)(F)F)cc2sc[c]c12. The Kier molecular flexibility index (Phi) is 1.99. The van der Waals surface area contributed by atoms with Gasteiger partial charge in [-0.15, -0.1) is 11.3 Å².